The number of hydrogen-bond donors (Lipinski definition) is 0. The monoisotopic (exact) mass is 258 g/mol. The lowest BCUT2D eigenvalue weighted by Gasteiger charge is -2.42. The average molecular weight is 258 g/mol. The van der Waals surface area contributed by atoms with Crippen molar-refractivity contribution in [3.63, 3.8) is 0 Å². The van der Waals surface area contributed by atoms with Crippen molar-refractivity contribution in [2.45, 2.75) is 51.1 Å². The Morgan fingerprint density at radius 2 is 1.61 bits per heavy atom. The molecule has 0 aromatic rings. The second-order valence-electron chi connectivity index (χ2n) is 7.44. The molecule has 4 aliphatic rings. The van der Waals surface area contributed by atoms with Gasteiger partial charge in [-0.05, 0) is 74.5 Å². The average Bonchev–Trinajstić information content (AvgIpc) is 3.06. The van der Waals surface area contributed by atoms with E-state index in [0.717, 1.165) is 37.5 Å². The summed E-state index contributed by atoms with van der Waals surface area (Å²) in [5.74, 6) is 3.43. The molecule has 4 saturated carbocycles. The zero-order valence-corrected chi connectivity index (χ0v) is 10.8. The van der Waals surface area contributed by atoms with Gasteiger partial charge in [-0.3, -0.25) is 0 Å². The lowest BCUT2D eigenvalue weighted by Crippen LogP contribution is -2.45. The second kappa shape index (κ2) is 3.46. The molecule has 0 heterocycles. The third kappa shape index (κ3) is 1.24. The van der Waals surface area contributed by atoms with E-state index in [2.05, 4.69) is 0 Å². The predicted molar refractivity (Wildman–Crippen MR) is 63.0 cm³/mol. The molecule has 8 unspecified atom stereocenters. The Morgan fingerprint density at radius 1 is 0.944 bits per heavy atom. The Balaban J connectivity index is 1.62. The zero-order valence-electron chi connectivity index (χ0n) is 10.8. The molecule has 3 heteroatoms. The first-order chi connectivity index (χ1) is 8.50. The van der Waals surface area contributed by atoms with E-state index in [9.17, 15) is 13.2 Å². The van der Waals surface area contributed by atoms with Crippen LogP contribution in [0.4, 0.5) is 13.2 Å². The van der Waals surface area contributed by atoms with Gasteiger partial charge in [-0.25, -0.2) is 13.2 Å². The molecule has 4 bridgehead atoms. The number of fused-ring (bicyclic) bond motifs is 9. The zero-order chi connectivity index (χ0) is 12.7. The SMILES string of the molecule is CC(F)(C(F)F)C1CC2CC1C1C3CCC(C3)C21. The molecular weight excluding hydrogens is 237 g/mol. The molecular formula is C15H21F3. The van der Waals surface area contributed by atoms with Gasteiger partial charge in [0.05, 0.1) is 0 Å². The van der Waals surface area contributed by atoms with Crippen molar-refractivity contribution < 1.29 is 13.2 Å². The molecule has 4 fully saturated rings. The molecule has 0 radical (unpaired) electrons. The Labute approximate surface area is 106 Å². The summed E-state index contributed by atoms with van der Waals surface area (Å²) in [6.07, 6.45) is 2.89. The van der Waals surface area contributed by atoms with Crippen molar-refractivity contribution >= 4 is 0 Å². The quantitative estimate of drug-likeness (QED) is 0.648. The summed E-state index contributed by atoms with van der Waals surface area (Å²) in [5, 5.41) is 0. The number of alkyl halides is 3. The standard InChI is InChI=1S/C15H21F3/c1-15(18,14(16)17)11-6-9-5-10(11)13-8-3-2-7(4-8)12(9)13/h7-14H,2-6H2,1H3. The van der Waals surface area contributed by atoms with Crippen LogP contribution in [0.2, 0.25) is 0 Å². The summed E-state index contributed by atoms with van der Waals surface area (Å²) in [5.41, 5.74) is -2.26. The highest BCUT2D eigenvalue weighted by molar-refractivity contribution is 5.13. The van der Waals surface area contributed by atoms with Gasteiger partial charge in [0.25, 0.3) is 6.43 Å². The van der Waals surface area contributed by atoms with Crippen LogP contribution in [0.25, 0.3) is 0 Å². The fourth-order valence-electron chi connectivity index (χ4n) is 6.38. The Kier molecular flexibility index (Phi) is 2.23. The van der Waals surface area contributed by atoms with Crippen molar-refractivity contribution in [3.05, 3.63) is 0 Å². The van der Waals surface area contributed by atoms with E-state index in [4.69, 9.17) is 0 Å². The van der Waals surface area contributed by atoms with Crippen molar-refractivity contribution in [3.8, 4) is 0 Å². The molecule has 8 atom stereocenters. The summed E-state index contributed by atoms with van der Waals surface area (Å²) < 4.78 is 40.2. The minimum absolute atomic E-state index is 0.263. The summed E-state index contributed by atoms with van der Waals surface area (Å²) in [6.45, 7) is 1.14. The molecule has 0 amide bonds. The molecule has 0 spiro atoms. The number of halogens is 3. The first kappa shape index (κ1) is 11.6. The highest BCUT2D eigenvalue weighted by atomic mass is 19.3. The van der Waals surface area contributed by atoms with Gasteiger partial charge in [-0.2, -0.15) is 0 Å². The maximum Gasteiger partial charge on any atom is 0.272 e. The van der Waals surface area contributed by atoms with E-state index >= 15 is 0 Å². The molecule has 4 aliphatic carbocycles. The van der Waals surface area contributed by atoms with E-state index in [1.54, 1.807) is 0 Å². The maximum atomic E-state index is 14.3. The summed E-state index contributed by atoms with van der Waals surface area (Å²) in [6, 6.07) is 0. The van der Waals surface area contributed by atoms with Crippen LogP contribution >= 0.6 is 0 Å². The maximum absolute atomic E-state index is 14.3. The van der Waals surface area contributed by atoms with Gasteiger partial charge in [-0.15, -0.1) is 0 Å². The van der Waals surface area contributed by atoms with Crippen LogP contribution in [0.15, 0.2) is 0 Å². The van der Waals surface area contributed by atoms with Crippen LogP contribution in [0.1, 0.15) is 39.0 Å². The van der Waals surface area contributed by atoms with Crippen molar-refractivity contribution in [2.24, 2.45) is 41.4 Å². The molecule has 0 saturated heterocycles. The predicted octanol–water partition coefficient (Wildman–Crippen LogP) is 4.30. The summed E-state index contributed by atoms with van der Waals surface area (Å²) in [7, 11) is 0. The Hall–Kier alpha value is -0.210. The van der Waals surface area contributed by atoms with E-state index in [1.807, 2.05) is 0 Å². The van der Waals surface area contributed by atoms with Crippen LogP contribution in [0.5, 0.6) is 0 Å². The number of hydrogen-bond acceptors (Lipinski definition) is 0. The van der Waals surface area contributed by atoms with Gasteiger partial charge in [0.2, 0.25) is 0 Å². The lowest BCUT2D eigenvalue weighted by molar-refractivity contribution is -0.0915. The van der Waals surface area contributed by atoms with Gasteiger partial charge in [0.1, 0.15) is 0 Å². The summed E-state index contributed by atoms with van der Waals surface area (Å²) in [4.78, 5) is 0. The fourth-order valence-corrected chi connectivity index (χ4v) is 6.38. The minimum Gasteiger partial charge on any atom is -0.238 e. The molecule has 4 rings (SSSR count). The largest absolute Gasteiger partial charge is 0.272 e. The normalized spacial score (nSPS) is 56.2. The first-order valence-electron chi connectivity index (χ1n) is 7.47. The van der Waals surface area contributed by atoms with Crippen LogP contribution in [0, 0.1) is 41.4 Å². The lowest BCUT2D eigenvalue weighted by atomic mass is 9.64. The van der Waals surface area contributed by atoms with E-state index in [1.165, 1.54) is 19.3 Å². The van der Waals surface area contributed by atoms with Gasteiger partial charge in [0.15, 0.2) is 5.67 Å². The molecule has 0 aliphatic heterocycles. The van der Waals surface area contributed by atoms with E-state index in [0.29, 0.717) is 11.8 Å². The summed E-state index contributed by atoms with van der Waals surface area (Å²) >= 11 is 0. The topological polar surface area (TPSA) is 0 Å². The van der Waals surface area contributed by atoms with Gasteiger partial charge in [0, 0.05) is 5.92 Å². The fraction of sp³-hybridized carbons (Fsp3) is 1.00. The van der Waals surface area contributed by atoms with Crippen molar-refractivity contribution in [1.29, 1.82) is 0 Å². The number of rotatable bonds is 2. The van der Waals surface area contributed by atoms with E-state index in [-0.39, 0.29) is 11.8 Å². The van der Waals surface area contributed by atoms with Gasteiger partial charge < -0.3 is 0 Å². The Bertz CT molecular complexity index is 365. The highest BCUT2D eigenvalue weighted by Gasteiger charge is 2.66. The van der Waals surface area contributed by atoms with Crippen LogP contribution in [0.3, 0.4) is 0 Å². The molecule has 102 valence electrons. The molecule has 0 aromatic heterocycles. The smallest absolute Gasteiger partial charge is 0.238 e. The highest BCUT2D eigenvalue weighted by Crippen LogP contribution is 2.70. The Morgan fingerprint density at radius 3 is 2.28 bits per heavy atom. The van der Waals surface area contributed by atoms with Gasteiger partial charge in [-0.1, -0.05) is 0 Å². The van der Waals surface area contributed by atoms with Crippen LogP contribution in [-0.4, -0.2) is 12.1 Å². The second-order valence-corrected chi connectivity index (χ2v) is 7.44. The van der Waals surface area contributed by atoms with Crippen molar-refractivity contribution in [1.82, 2.24) is 0 Å². The minimum atomic E-state index is -2.82. The van der Waals surface area contributed by atoms with Crippen LogP contribution < -0.4 is 0 Å². The first-order valence-corrected chi connectivity index (χ1v) is 7.47. The molecule has 0 aromatic carbocycles. The van der Waals surface area contributed by atoms with E-state index < -0.39 is 12.1 Å². The van der Waals surface area contributed by atoms with Crippen LogP contribution in [-0.2, 0) is 0 Å². The molecule has 0 nitrogen and oxygen atoms in total. The van der Waals surface area contributed by atoms with Crippen molar-refractivity contribution in [2.75, 3.05) is 0 Å². The molecule has 0 N–H and O–H groups in total. The van der Waals surface area contributed by atoms with Gasteiger partial charge >= 0.3 is 0 Å². The third-order valence-electron chi connectivity index (χ3n) is 6.89. The third-order valence-corrected chi connectivity index (χ3v) is 6.89. The molecule has 18 heavy (non-hydrogen) atoms.